The van der Waals surface area contributed by atoms with E-state index in [9.17, 15) is 9.59 Å². The predicted molar refractivity (Wildman–Crippen MR) is 63.9 cm³/mol. The summed E-state index contributed by atoms with van der Waals surface area (Å²) in [5.74, 6) is 0.155. The number of hydrogen-bond acceptors (Lipinski definition) is 3. The lowest BCUT2D eigenvalue weighted by Crippen LogP contribution is -2.59. The number of hydrogen-bond donors (Lipinski definition) is 0. The van der Waals surface area contributed by atoms with Crippen molar-refractivity contribution >= 4 is 11.8 Å². The van der Waals surface area contributed by atoms with Crippen LogP contribution in [0.25, 0.3) is 0 Å². The van der Waals surface area contributed by atoms with Gasteiger partial charge < -0.3 is 14.2 Å². The topological polar surface area (TPSA) is 53.8 Å². The summed E-state index contributed by atoms with van der Waals surface area (Å²) in [7, 11) is 0. The highest BCUT2D eigenvalue weighted by molar-refractivity contribution is 5.94. The highest BCUT2D eigenvalue weighted by Gasteiger charge is 2.49. The first-order chi connectivity index (χ1) is 8.60. The van der Waals surface area contributed by atoms with Crippen molar-refractivity contribution in [3.8, 4) is 0 Å². The number of rotatable bonds is 1. The summed E-state index contributed by atoms with van der Waals surface area (Å²) in [4.78, 5) is 27.0. The minimum atomic E-state index is 0.0295. The molecule has 1 aromatic rings. The van der Waals surface area contributed by atoms with Crippen molar-refractivity contribution in [2.24, 2.45) is 5.41 Å². The Morgan fingerprint density at radius 2 is 2.00 bits per heavy atom. The summed E-state index contributed by atoms with van der Waals surface area (Å²) >= 11 is 0. The van der Waals surface area contributed by atoms with Gasteiger partial charge in [0.05, 0.1) is 11.8 Å². The van der Waals surface area contributed by atoms with Crippen molar-refractivity contribution < 1.29 is 14.0 Å². The molecule has 0 atom stereocenters. The summed E-state index contributed by atoms with van der Waals surface area (Å²) in [6, 6.07) is 1.69. The molecule has 0 aromatic carbocycles. The third kappa shape index (κ3) is 1.70. The van der Waals surface area contributed by atoms with E-state index in [0.717, 1.165) is 32.6 Å². The molecule has 2 fully saturated rings. The lowest BCUT2D eigenvalue weighted by molar-refractivity contribution is -0.140. The van der Waals surface area contributed by atoms with Crippen LogP contribution < -0.4 is 0 Å². The molecule has 1 aromatic heterocycles. The van der Waals surface area contributed by atoms with Crippen molar-refractivity contribution in [3.63, 3.8) is 0 Å². The van der Waals surface area contributed by atoms with Crippen LogP contribution in [0.15, 0.2) is 23.0 Å². The van der Waals surface area contributed by atoms with Gasteiger partial charge in [0.1, 0.15) is 6.26 Å². The van der Waals surface area contributed by atoms with Crippen molar-refractivity contribution in [1.82, 2.24) is 9.80 Å². The molecule has 5 nitrogen and oxygen atoms in total. The summed E-state index contributed by atoms with van der Waals surface area (Å²) in [5, 5.41) is 0. The zero-order chi connectivity index (χ0) is 12.8. The van der Waals surface area contributed by atoms with Crippen LogP contribution >= 0.6 is 0 Å². The van der Waals surface area contributed by atoms with Crippen LogP contribution in [0, 0.1) is 5.41 Å². The quantitative estimate of drug-likeness (QED) is 0.744. The Bertz CT molecular complexity index is 474. The van der Waals surface area contributed by atoms with Crippen LogP contribution in [0.5, 0.6) is 0 Å². The molecule has 18 heavy (non-hydrogen) atoms. The van der Waals surface area contributed by atoms with E-state index >= 15 is 0 Å². The SMILES string of the molecule is CC(=O)N1CC2(CCN(C(=O)c3ccoc3)C2)C1. The molecule has 2 aliphatic heterocycles. The van der Waals surface area contributed by atoms with Crippen molar-refractivity contribution in [2.45, 2.75) is 13.3 Å². The second-order valence-electron chi connectivity index (χ2n) is 5.36. The third-order valence-electron chi connectivity index (χ3n) is 3.99. The molecule has 0 bridgehead atoms. The fourth-order valence-corrected chi connectivity index (χ4v) is 2.92. The Morgan fingerprint density at radius 1 is 1.28 bits per heavy atom. The van der Waals surface area contributed by atoms with Gasteiger partial charge in [-0.05, 0) is 12.5 Å². The van der Waals surface area contributed by atoms with Crippen LogP contribution in [0.2, 0.25) is 0 Å². The molecular formula is C13H16N2O3. The summed E-state index contributed by atoms with van der Waals surface area (Å²) < 4.78 is 4.94. The van der Waals surface area contributed by atoms with Gasteiger partial charge in [-0.3, -0.25) is 9.59 Å². The molecule has 2 amide bonds. The van der Waals surface area contributed by atoms with E-state index in [0.29, 0.717) is 5.56 Å². The summed E-state index contributed by atoms with van der Waals surface area (Å²) in [5.41, 5.74) is 0.750. The normalized spacial score (nSPS) is 21.2. The van der Waals surface area contributed by atoms with Crippen molar-refractivity contribution in [3.05, 3.63) is 24.2 Å². The first-order valence-corrected chi connectivity index (χ1v) is 6.17. The fourth-order valence-electron chi connectivity index (χ4n) is 2.92. The second-order valence-corrected chi connectivity index (χ2v) is 5.36. The molecule has 1 spiro atoms. The van der Waals surface area contributed by atoms with Crippen molar-refractivity contribution in [1.29, 1.82) is 0 Å². The molecule has 2 saturated heterocycles. The van der Waals surface area contributed by atoms with E-state index < -0.39 is 0 Å². The monoisotopic (exact) mass is 248 g/mol. The maximum absolute atomic E-state index is 12.1. The van der Waals surface area contributed by atoms with Crippen LogP contribution in [-0.4, -0.2) is 47.8 Å². The first kappa shape index (κ1) is 11.3. The van der Waals surface area contributed by atoms with Crippen LogP contribution in [0.4, 0.5) is 0 Å². The molecular weight excluding hydrogens is 232 g/mol. The minimum Gasteiger partial charge on any atom is -0.472 e. The third-order valence-corrected chi connectivity index (χ3v) is 3.99. The predicted octanol–water partition coefficient (Wildman–Crippen LogP) is 0.974. The number of furan rings is 1. The van der Waals surface area contributed by atoms with Crippen LogP contribution in [-0.2, 0) is 4.79 Å². The Morgan fingerprint density at radius 3 is 2.61 bits per heavy atom. The molecule has 96 valence electrons. The minimum absolute atomic E-state index is 0.0295. The lowest BCUT2D eigenvalue weighted by Gasteiger charge is -2.47. The van der Waals surface area contributed by atoms with Gasteiger partial charge in [-0.25, -0.2) is 0 Å². The highest BCUT2D eigenvalue weighted by atomic mass is 16.3. The molecule has 3 heterocycles. The highest BCUT2D eigenvalue weighted by Crippen LogP contribution is 2.39. The number of carbonyl (C=O) groups is 2. The zero-order valence-electron chi connectivity index (χ0n) is 10.4. The van der Waals surface area contributed by atoms with E-state index in [1.165, 1.54) is 12.5 Å². The van der Waals surface area contributed by atoms with E-state index in [2.05, 4.69) is 0 Å². The zero-order valence-corrected chi connectivity index (χ0v) is 10.4. The lowest BCUT2D eigenvalue weighted by atomic mass is 9.79. The van der Waals surface area contributed by atoms with Crippen LogP contribution in [0.3, 0.4) is 0 Å². The van der Waals surface area contributed by atoms with Gasteiger partial charge in [0.25, 0.3) is 5.91 Å². The smallest absolute Gasteiger partial charge is 0.257 e. The van der Waals surface area contributed by atoms with Gasteiger partial charge in [-0.15, -0.1) is 0 Å². The number of carbonyl (C=O) groups excluding carboxylic acids is 2. The van der Waals surface area contributed by atoms with E-state index in [-0.39, 0.29) is 17.2 Å². The maximum Gasteiger partial charge on any atom is 0.257 e. The van der Waals surface area contributed by atoms with Gasteiger partial charge in [-0.2, -0.15) is 0 Å². The van der Waals surface area contributed by atoms with Gasteiger partial charge >= 0.3 is 0 Å². The molecule has 5 heteroatoms. The first-order valence-electron chi connectivity index (χ1n) is 6.17. The molecule has 2 aliphatic rings. The average molecular weight is 248 g/mol. The fraction of sp³-hybridized carbons (Fsp3) is 0.538. The molecule has 0 saturated carbocycles. The molecule has 3 rings (SSSR count). The van der Waals surface area contributed by atoms with Gasteiger partial charge in [-0.1, -0.05) is 0 Å². The van der Waals surface area contributed by atoms with E-state index in [1.807, 2.05) is 9.80 Å². The Balaban J connectivity index is 1.63. The molecule has 0 radical (unpaired) electrons. The molecule has 0 N–H and O–H groups in total. The van der Waals surface area contributed by atoms with E-state index in [4.69, 9.17) is 4.42 Å². The van der Waals surface area contributed by atoms with E-state index in [1.54, 1.807) is 13.0 Å². The van der Waals surface area contributed by atoms with Crippen LogP contribution in [0.1, 0.15) is 23.7 Å². The standard InChI is InChI=1S/C13H16N2O3/c1-10(16)15-8-13(9-15)3-4-14(7-13)12(17)11-2-5-18-6-11/h2,5-6H,3-4,7-9H2,1H3. The second kappa shape index (κ2) is 3.86. The number of likely N-dealkylation sites (tertiary alicyclic amines) is 2. The van der Waals surface area contributed by atoms with Gasteiger partial charge in [0.2, 0.25) is 5.91 Å². The summed E-state index contributed by atoms with van der Waals surface area (Å²) in [6.45, 7) is 4.70. The maximum atomic E-state index is 12.1. The summed E-state index contributed by atoms with van der Waals surface area (Å²) in [6.07, 6.45) is 3.98. The average Bonchev–Trinajstić information content (AvgIpc) is 2.95. The number of amides is 2. The molecule has 0 unspecified atom stereocenters. The van der Waals surface area contributed by atoms with Crippen molar-refractivity contribution in [2.75, 3.05) is 26.2 Å². The Kier molecular flexibility index (Phi) is 2.43. The van der Waals surface area contributed by atoms with Gasteiger partial charge in [0.15, 0.2) is 0 Å². The number of nitrogens with zero attached hydrogens (tertiary/aromatic N) is 2. The Hall–Kier alpha value is -1.78. The largest absolute Gasteiger partial charge is 0.472 e. The van der Waals surface area contributed by atoms with Gasteiger partial charge in [0, 0.05) is 38.5 Å². The Labute approximate surface area is 105 Å². The molecule has 0 aliphatic carbocycles.